The van der Waals surface area contributed by atoms with E-state index in [0.29, 0.717) is 18.0 Å². The van der Waals surface area contributed by atoms with Crippen LogP contribution in [0.4, 0.5) is 0 Å². The van der Waals surface area contributed by atoms with Crippen molar-refractivity contribution < 1.29 is 9.59 Å². The van der Waals surface area contributed by atoms with Gasteiger partial charge in [0.05, 0.1) is 11.7 Å². The lowest BCUT2D eigenvalue weighted by atomic mass is 10.0. The molecule has 1 heterocycles. The van der Waals surface area contributed by atoms with Crippen LogP contribution in [0.15, 0.2) is 47.7 Å². The number of nitrogens with two attached hydrogens (primary N) is 2. The largest absolute Gasteiger partial charge is 0.364 e. The van der Waals surface area contributed by atoms with Crippen LogP contribution in [0.2, 0.25) is 5.02 Å². The highest BCUT2D eigenvalue weighted by molar-refractivity contribution is 6.31. The summed E-state index contributed by atoms with van der Waals surface area (Å²) in [5.74, 6) is -1.51. The van der Waals surface area contributed by atoms with Gasteiger partial charge in [-0.2, -0.15) is 5.26 Å². The molecule has 2 amide bonds. The number of nitrogens with one attached hydrogen (secondary N) is 1. The fourth-order valence-corrected chi connectivity index (χ4v) is 2.69. The molecule has 1 unspecified atom stereocenters. The number of primary amides is 1. The van der Waals surface area contributed by atoms with Crippen molar-refractivity contribution in [3.8, 4) is 6.19 Å². The van der Waals surface area contributed by atoms with Gasteiger partial charge in [0.15, 0.2) is 6.19 Å². The Labute approximate surface area is 144 Å². The maximum atomic E-state index is 12.0. The van der Waals surface area contributed by atoms with Crippen LogP contribution in [-0.4, -0.2) is 29.4 Å². The van der Waals surface area contributed by atoms with Crippen LogP contribution in [0, 0.1) is 11.5 Å². The predicted octanol–water partition coefficient (Wildman–Crippen LogP) is 0.376. The zero-order valence-corrected chi connectivity index (χ0v) is 13.5. The van der Waals surface area contributed by atoms with Crippen molar-refractivity contribution in [2.75, 3.05) is 6.54 Å². The molecule has 2 rings (SSSR count). The Morgan fingerprint density at radius 2 is 2.08 bits per heavy atom. The van der Waals surface area contributed by atoms with Gasteiger partial charge in [0.25, 0.3) is 11.8 Å². The molecule has 5 N–H and O–H groups in total. The minimum atomic E-state index is -0.794. The molecule has 1 aromatic rings. The summed E-state index contributed by atoms with van der Waals surface area (Å²) in [6, 6.07) is 7.31. The molecule has 0 saturated heterocycles. The second-order valence-electron chi connectivity index (χ2n) is 5.08. The topological polar surface area (TPSA) is 125 Å². The van der Waals surface area contributed by atoms with E-state index >= 15 is 0 Å². The first kappa shape index (κ1) is 17.5. The average Bonchev–Trinajstić information content (AvgIpc) is 2.54. The van der Waals surface area contributed by atoms with Crippen molar-refractivity contribution in [2.24, 2.45) is 11.5 Å². The minimum absolute atomic E-state index is 0.00455. The number of nitrogens with zero attached hydrogens (tertiary/aromatic N) is 2. The fourth-order valence-electron chi connectivity index (χ4n) is 2.46. The molecule has 1 aliphatic rings. The van der Waals surface area contributed by atoms with E-state index in [4.69, 9.17) is 28.3 Å². The quantitative estimate of drug-likeness (QED) is 0.525. The number of nitriles is 1. The Kier molecular flexibility index (Phi) is 5.58. The molecule has 0 bridgehead atoms. The molecule has 8 heteroatoms. The molecule has 0 fully saturated rings. The lowest BCUT2D eigenvalue weighted by Crippen LogP contribution is -2.47. The zero-order chi connectivity index (χ0) is 17.7. The summed E-state index contributed by atoms with van der Waals surface area (Å²) < 4.78 is 0. The lowest BCUT2D eigenvalue weighted by molar-refractivity contribution is -0.119. The molecule has 1 aliphatic heterocycles. The Morgan fingerprint density at radius 1 is 1.38 bits per heavy atom. The van der Waals surface area contributed by atoms with E-state index < -0.39 is 18.0 Å². The summed E-state index contributed by atoms with van der Waals surface area (Å²) in [5.41, 5.74) is 12.3. The predicted molar refractivity (Wildman–Crippen MR) is 89.0 cm³/mol. The van der Waals surface area contributed by atoms with Gasteiger partial charge in [-0.15, -0.1) is 0 Å². The van der Waals surface area contributed by atoms with Gasteiger partial charge in [0.1, 0.15) is 5.70 Å². The van der Waals surface area contributed by atoms with Gasteiger partial charge >= 0.3 is 0 Å². The smallest absolute Gasteiger partial charge is 0.266 e. The van der Waals surface area contributed by atoms with Crippen molar-refractivity contribution in [3.63, 3.8) is 0 Å². The van der Waals surface area contributed by atoms with Crippen molar-refractivity contribution in [1.29, 1.82) is 5.26 Å². The first-order valence-electron chi connectivity index (χ1n) is 7.13. The fraction of sp³-hybridized carbons (Fsp3) is 0.188. The van der Waals surface area contributed by atoms with Crippen molar-refractivity contribution in [2.45, 2.75) is 12.6 Å². The molecule has 0 aromatic heterocycles. The van der Waals surface area contributed by atoms with E-state index in [1.807, 2.05) is 23.5 Å². The van der Waals surface area contributed by atoms with Crippen LogP contribution in [-0.2, 0) is 16.0 Å². The van der Waals surface area contributed by atoms with Crippen LogP contribution >= 0.6 is 11.6 Å². The van der Waals surface area contributed by atoms with Crippen molar-refractivity contribution in [1.82, 2.24) is 10.2 Å². The molecular weight excluding hydrogens is 330 g/mol. The van der Waals surface area contributed by atoms with E-state index in [2.05, 4.69) is 0 Å². The second kappa shape index (κ2) is 7.64. The van der Waals surface area contributed by atoms with Gasteiger partial charge in [-0.1, -0.05) is 29.8 Å². The van der Waals surface area contributed by atoms with Gasteiger partial charge in [0.2, 0.25) is 0 Å². The summed E-state index contributed by atoms with van der Waals surface area (Å²) in [4.78, 5) is 25.3. The molecule has 24 heavy (non-hydrogen) atoms. The van der Waals surface area contributed by atoms with Gasteiger partial charge in [-0.05, 0) is 30.2 Å². The number of carbonyl (C=O) groups is 2. The van der Waals surface area contributed by atoms with E-state index in [-0.39, 0.29) is 11.3 Å². The molecule has 0 radical (unpaired) electrons. The second-order valence-corrected chi connectivity index (χ2v) is 5.48. The molecule has 1 atom stereocenters. The number of benzene rings is 1. The number of hydrogen-bond acceptors (Lipinski definition) is 5. The monoisotopic (exact) mass is 345 g/mol. The highest BCUT2D eigenvalue weighted by Gasteiger charge is 2.29. The van der Waals surface area contributed by atoms with E-state index in [0.717, 1.165) is 5.56 Å². The Bertz CT molecular complexity index is 766. The Balaban J connectivity index is 2.30. The van der Waals surface area contributed by atoms with Gasteiger partial charge in [-0.3, -0.25) is 14.9 Å². The third-order valence-electron chi connectivity index (χ3n) is 3.59. The van der Waals surface area contributed by atoms with Crippen LogP contribution in [0.5, 0.6) is 0 Å². The third-order valence-corrected chi connectivity index (χ3v) is 3.96. The third kappa shape index (κ3) is 3.74. The summed E-state index contributed by atoms with van der Waals surface area (Å²) in [5, 5.41) is 11.2. The van der Waals surface area contributed by atoms with Crippen LogP contribution in [0.1, 0.15) is 5.56 Å². The number of halogens is 1. The first-order chi connectivity index (χ1) is 11.5. The molecule has 0 aliphatic carbocycles. The maximum absolute atomic E-state index is 12.0. The number of carbonyl (C=O) groups excluding carboxylic acids is 2. The van der Waals surface area contributed by atoms with Gasteiger partial charge in [-0.25, -0.2) is 0 Å². The molecule has 0 spiro atoms. The summed E-state index contributed by atoms with van der Waals surface area (Å²) in [6.45, 7) is 0.330. The van der Waals surface area contributed by atoms with Gasteiger partial charge in [0, 0.05) is 11.6 Å². The maximum Gasteiger partial charge on any atom is 0.266 e. The summed E-state index contributed by atoms with van der Waals surface area (Å²) >= 11 is 6.13. The van der Waals surface area contributed by atoms with E-state index in [1.54, 1.807) is 12.1 Å². The molecular formula is C16H16ClN5O2. The number of rotatable bonds is 5. The van der Waals surface area contributed by atoms with E-state index in [9.17, 15) is 9.59 Å². The van der Waals surface area contributed by atoms with Crippen LogP contribution in [0.25, 0.3) is 0 Å². The highest BCUT2D eigenvalue weighted by atomic mass is 35.5. The molecule has 0 saturated carbocycles. The van der Waals surface area contributed by atoms with Crippen LogP contribution < -0.4 is 16.8 Å². The Morgan fingerprint density at radius 3 is 2.71 bits per heavy atom. The molecule has 7 nitrogen and oxygen atoms in total. The average molecular weight is 346 g/mol. The lowest BCUT2D eigenvalue weighted by Gasteiger charge is -2.33. The SMILES string of the molecule is N#CNC(=O)C1=C(C(N)=O)N(CCc2ccccc2Cl)C(N)C=C1. The highest BCUT2D eigenvalue weighted by Crippen LogP contribution is 2.22. The normalized spacial score (nSPS) is 16.7. The summed E-state index contributed by atoms with van der Waals surface area (Å²) in [7, 11) is 0. The van der Waals surface area contributed by atoms with Crippen molar-refractivity contribution in [3.05, 3.63) is 58.3 Å². The minimum Gasteiger partial charge on any atom is -0.364 e. The van der Waals surface area contributed by atoms with E-state index in [1.165, 1.54) is 17.2 Å². The van der Waals surface area contributed by atoms with Crippen LogP contribution in [0.3, 0.4) is 0 Å². The number of amides is 2. The van der Waals surface area contributed by atoms with Gasteiger partial charge < -0.3 is 16.4 Å². The standard InChI is InChI=1S/C16H16ClN5O2/c17-12-4-2-1-3-10(12)7-8-22-13(19)6-5-11(14(22)15(20)23)16(24)21-9-18/h1-6,13H,7-8,19H2,(H2,20,23)(H,21,24). The molecule has 124 valence electrons. The Hall–Kier alpha value is -2.82. The summed E-state index contributed by atoms with van der Waals surface area (Å²) in [6.07, 6.45) is 4.37. The number of hydrogen-bond donors (Lipinski definition) is 3. The van der Waals surface area contributed by atoms with Crippen molar-refractivity contribution >= 4 is 23.4 Å². The first-order valence-corrected chi connectivity index (χ1v) is 7.51. The molecule has 1 aromatic carbocycles. The zero-order valence-electron chi connectivity index (χ0n) is 12.7.